The number of aromatic nitrogens is 4. The summed E-state index contributed by atoms with van der Waals surface area (Å²) >= 11 is 3.12. The maximum Gasteiger partial charge on any atom is 0.153 e. The van der Waals surface area contributed by atoms with Crippen molar-refractivity contribution in [3.8, 4) is 0 Å². The van der Waals surface area contributed by atoms with Gasteiger partial charge in [0.05, 0.1) is 29.3 Å². The fraction of sp³-hybridized carbons (Fsp3) is 0.625. The number of aliphatic hydroxyl groups is 1. The molecular formula is C32H40N4O2S2. The highest BCUT2D eigenvalue weighted by atomic mass is 32.2. The number of Topliss-reactive ketones (excluding diaryl/α,β-unsaturated/α-hetero) is 1. The third-order valence-electron chi connectivity index (χ3n) is 10.9. The molecule has 0 bridgehead atoms. The van der Waals surface area contributed by atoms with Gasteiger partial charge in [-0.05, 0) is 112 Å². The van der Waals surface area contributed by atoms with E-state index in [9.17, 15) is 9.90 Å². The Bertz CT molecular complexity index is 1490. The van der Waals surface area contributed by atoms with E-state index in [2.05, 4.69) is 61.5 Å². The van der Waals surface area contributed by atoms with Crippen molar-refractivity contribution in [1.82, 2.24) is 19.7 Å². The molecule has 3 saturated carbocycles. The Morgan fingerprint density at radius 1 is 1.25 bits per heavy atom. The number of thiazole rings is 1. The average molecular weight is 577 g/mol. The molecule has 0 spiro atoms. The van der Waals surface area contributed by atoms with Crippen LogP contribution in [0, 0.1) is 34.5 Å². The zero-order valence-corrected chi connectivity index (χ0v) is 25.8. The molecule has 3 aromatic rings. The van der Waals surface area contributed by atoms with Gasteiger partial charge in [0.15, 0.2) is 4.34 Å². The minimum absolute atomic E-state index is 0.0147. The van der Waals surface area contributed by atoms with Gasteiger partial charge in [-0.3, -0.25) is 9.48 Å². The van der Waals surface area contributed by atoms with Crippen LogP contribution in [0.2, 0.25) is 0 Å². The number of hydrogen-bond acceptors (Lipinski definition) is 7. The molecule has 3 aromatic heterocycles. The molecule has 8 heteroatoms. The standard InChI is InChI=1S/C32H40N4O2S2/c1-30(2,3)36-24-13-19-8-9-20-21-10-11-22(26(38)17-39-29-35-23-7-6-12-33-28(23)40-29)32(21,5)15-25(37)27(20)31(19,4)14-18(24)16-34-36/h6-7,12-13,16,20-22,25,27,37H,8-11,14-15,17H2,1-5H3. The molecule has 4 aliphatic carbocycles. The maximum atomic E-state index is 13.7. The number of pyridine rings is 1. The van der Waals surface area contributed by atoms with Crippen LogP contribution in [0.25, 0.3) is 16.4 Å². The maximum absolute atomic E-state index is 13.7. The van der Waals surface area contributed by atoms with E-state index >= 15 is 0 Å². The molecule has 3 fully saturated rings. The van der Waals surface area contributed by atoms with Gasteiger partial charge in [-0.1, -0.05) is 42.5 Å². The molecule has 40 heavy (non-hydrogen) atoms. The van der Waals surface area contributed by atoms with Crippen LogP contribution in [0.4, 0.5) is 0 Å². The molecule has 0 radical (unpaired) electrons. The van der Waals surface area contributed by atoms with Crippen LogP contribution >= 0.6 is 23.1 Å². The van der Waals surface area contributed by atoms with E-state index in [1.165, 1.54) is 16.8 Å². The van der Waals surface area contributed by atoms with Gasteiger partial charge in [-0.2, -0.15) is 5.10 Å². The summed E-state index contributed by atoms with van der Waals surface area (Å²) in [7, 11) is 0. The number of thioether (sulfide) groups is 1. The number of rotatable bonds is 4. The summed E-state index contributed by atoms with van der Waals surface area (Å²) in [6, 6.07) is 3.88. The number of aliphatic hydroxyl groups excluding tert-OH is 1. The topological polar surface area (TPSA) is 80.9 Å². The first kappa shape index (κ1) is 26.8. The molecule has 0 amide bonds. The summed E-state index contributed by atoms with van der Waals surface area (Å²) < 4.78 is 3.09. The number of carbonyl (C=O) groups is 1. The predicted octanol–water partition coefficient (Wildman–Crippen LogP) is 6.77. The van der Waals surface area contributed by atoms with Crippen LogP contribution in [0.1, 0.15) is 78.0 Å². The van der Waals surface area contributed by atoms with Gasteiger partial charge in [0.2, 0.25) is 0 Å². The monoisotopic (exact) mass is 576 g/mol. The molecule has 0 aromatic carbocycles. The Kier molecular flexibility index (Phi) is 6.20. The Balaban J connectivity index is 1.11. The highest BCUT2D eigenvalue weighted by Gasteiger charge is 2.63. The van der Waals surface area contributed by atoms with Crippen molar-refractivity contribution in [2.45, 2.75) is 89.1 Å². The summed E-state index contributed by atoms with van der Waals surface area (Å²) in [6.45, 7) is 11.4. The lowest BCUT2D eigenvalue weighted by Gasteiger charge is -2.59. The fourth-order valence-corrected chi connectivity index (χ4v) is 11.2. The van der Waals surface area contributed by atoms with E-state index in [1.54, 1.807) is 29.3 Å². The predicted molar refractivity (Wildman–Crippen MR) is 161 cm³/mol. The quantitative estimate of drug-likeness (QED) is 0.345. The van der Waals surface area contributed by atoms with Crippen LogP contribution in [0.3, 0.4) is 0 Å². The molecule has 3 heterocycles. The highest BCUT2D eigenvalue weighted by Crippen LogP contribution is 2.66. The Morgan fingerprint density at radius 2 is 2.08 bits per heavy atom. The van der Waals surface area contributed by atoms with Crippen LogP contribution in [0.5, 0.6) is 0 Å². The molecular weight excluding hydrogens is 537 g/mol. The van der Waals surface area contributed by atoms with Crippen molar-refractivity contribution >= 4 is 45.3 Å². The molecule has 0 saturated heterocycles. The molecule has 1 N–H and O–H groups in total. The van der Waals surface area contributed by atoms with E-state index in [0.717, 1.165) is 53.2 Å². The second-order valence-electron chi connectivity index (χ2n) is 14.2. The Labute approximate surface area is 245 Å². The third-order valence-corrected chi connectivity index (χ3v) is 13.1. The Hall–Kier alpha value is -2.03. The highest BCUT2D eigenvalue weighted by molar-refractivity contribution is 8.01. The molecule has 6 nitrogen and oxygen atoms in total. The average Bonchev–Trinajstić information content (AvgIpc) is 3.59. The van der Waals surface area contributed by atoms with Crippen LogP contribution in [-0.4, -0.2) is 42.5 Å². The molecule has 7 rings (SSSR count). The minimum Gasteiger partial charge on any atom is -0.393 e. The number of hydrogen-bond donors (Lipinski definition) is 1. The van der Waals surface area contributed by atoms with Crippen LogP contribution in [-0.2, 0) is 16.8 Å². The minimum atomic E-state index is -0.393. The SMILES string of the molecule is CC12Cc3cnn(C(C)(C)C)c3C=C1CCC1C2C(O)CC2(C)C(C(=O)CSc3nc4cccnc4s3)CCC12. The van der Waals surface area contributed by atoms with E-state index in [0.29, 0.717) is 23.4 Å². The second-order valence-corrected chi connectivity index (χ2v) is 16.4. The molecule has 4 aliphatic rings. The van der Waals surface area contributed by atoms with Gasteiger partial charge in [-0.25, -0.2) is 9.97 Å². The molecule has 7 unspecified atom stereocenters. The summed E-state index contributed by atoms with van der Waals surface area (Å²) in [5.41, 5.74) is 4.70. The molecule has 0 aliphatic heterocycles. The zero-order chi connectivity index (χ0) is 28.0. The first-order valence-corrected chi connectivity index (χ1v) is 16.6. The van der Waals surface area contributed by atoms with Gasteiger partial charge in [0, 0.05) is 12.1 Å². The van der Waals surface area contributed by atoms with Crippen molar-refractivity contribution in [1.29, 1.82) is 0 Å². The summed E-state index contributed by atoms with van der Waals surface area (Å²) in [5, 5.41) is 16.7. The smallest absolute Gasteiger partial charge is 0.153 e. The lowest BCUT2D eigenvalue weighted by atomic mass is 9.46. The third kappa shape index (κ3) is 3.99. The fourth-order valence-electron chi connectivity index (χ4n) is 9.29. The summed E-state index contributed by atoms with van der Waals surface area (Å²) in [5.74, 6) is 1.96. The first-order valence-electron chi connectivity index (χ1n) is 14.8. The van der Waals surface area contributed by atoms with Gasteiger partial charge in [-0.15, -0.1) is 0 Å². The second kappa shape index (κ2) is 9.23. The lowest BCUT2D eigenvalue weighted by molar-refractivity contribution is -0.140. The van der Waals surface area contributed by atoms with E-state index in [-0.39, 0.29) is 28.2 Å². The van der Waals surface area contributed by atoms with Gasteiger partial charge < -0.3 is 5.11 Å². The zero-order valence-electron chi connectivity index (χ0n) is 24.2. The Morgan fingerprint density at radius 3 is 2.85 bits per heavy atom. The van der Waals surface area contributed by atoms with E-state index < -0.39 is 6.10 Å². The van der Waals surface area contributed by atoms with E-state index in [1.807, 2.05) is 12.1 Å². The van der Waals surface area contributed by atoms with Crippen molar-refractivity contribution in [2.24, 2.45) is 34.5 Å². The van der Waals surface area contributed by atoms with Crippen molar-refractivity contribution in [3.05, 3.63) is 41.4 Å². The first-order chi connectivity index (χ1) is 19.0. The summed E-state index contributed by atoms with van der Waals surface area (Å²) in [4.78, 5) is 23.7. The van der Waals surface area contributed by atoms with Crippen LogP contribution < -0.4 is 0 Å². The van der Waals surface area contributed by atoms with E-state index in [4.69, 9.17) is 5.10 Å². The van der Waals surface area contributed by atoms with Crippen molar-refractivity contribution in [2.75, 3.05) is 5.75 Å². The van der Waals surface area contributed by atoms with Gasteiger partial charge >= 0.3 is 0 Å². The number of ketones is 1. The van der Waals surface area contributed by atoms with Gasteiger partial charge in [0.1, 0.15) is 16.1 Å². The largest absolute Gasteiger partial charge is 0.393 e. The summed E-state index contributed by atoms with van der Waals surface area (Å²) in [6.07, 6.45) is 11.8. The van der Waals surface area contributed by atoms with Gasteiger partial charge in [0.25, 0.3) is 0 Å². The number of allylic oxidation sites excluding steroid dienone is 1. The normalized spacial score (nSPS) is 35.0. The van der Waals surface area contributed by atoms with Crippen molar-refractivity contribution < 1.29 is 9.90 Å². The van der Waals surface area contributed by atoms with Crippen molar-refractivity contribution in [3.63, 3.8) is 0 Å². The number of nitrogens with zero attached hydrogens (tertiary/aromatic N) is 4. The lowest BCUT2D eigenvalue weighted by Crippen LogP contribution is -2.57. The molecule has 7 atom stereocenters. The number of fused-ring (bicyclic) bond motifs is 7. The molecule has 212 valence electrons. The van der Waals surface area contributed by atoms with Crippen LogP contribution in [0.15, 0.2) is 34.4 Å². The number of carbonyl (C=O) groups excluding carboxylic acids is 1.